The van der Waals surface area contributed by atoms with Crippen LogP contribution in [0.1, 0.15) is 36.8 Å². The highest BCUT2D eigenvalue weighted by Gasteiger charge is 2.62. The van der Waals surface area contributed by atoms with Crippen molar-refractivity contribution in [3.8, 4) is 17.2 Å². The number of para-hydroxylation sites is 1. The summed E-state index contributed by atoms with van der Waals surface area (Å²) in [5.74, 6) is 2.82. The molecule has 6 nitrogen and oxygen atoms in total. The molecule has 4 atom stereocenters. The first-order chi connectivity index (χ1) is 15.4. The molecule has 3 aromatic rings. The van der Waals surface area contributed by atoms with E-state index in [4.69, 9.17) is 18.9 Å². The summed E-state index contributed by atoms with van der Waals surface area (Å²) in [4.78, 5) is 13.7. The highest BCUT2D eigenvalue weighted by Crippen LogP contribution is 2.65. The summed E-state index contributed by atoms with van der Waals surface area (Å²) in [6.45, 7) is 5.13. The molecule has 32 heavy (non-hydrogen) atoms. The molecule has 2 aromatic carbocycles. The molecule has 3 aliphatic rings. The third-order valence-electron chi connectivity index (χ3n) is 7.63. The third-order valence-corrected chi connectivity index (χ3v) is 7.63. The first-order valence-corrected chi connectivity index (χ1v) is 11.1. The Labute approximate surface area is 186 Å². The van der Waals surface area contributed by atoms with Crippen LogP contribution in [0.15, 0.2) is 47.3 Å². The number of aryl methyl sites for hydroxylation is 1. The molecule has 0 spiro atoms. The largest absolute Gasteiger partial charge is 0.486 e. The van der Waals surface area contributed by atoms with E-state index in [1.807, 2.05) is 37.4 Å². The molecule has 2 aliphatic heterocycles. The average Bonchev–Trinajstić information content (AvgIpc) is 3.23. The number of hydrogen-bond donors (Lipinski definition) is 0. The van der Waals surface area contributed by atoms with Gasteiger partial charge in [-0.25, -0.2) is 0 Å². The second-order valence-corrected chi connectivity index (χ2v) is 9.64. The molecule has 1 aromatic heterocycles. The number of pyridine rings is 1. The second-order valence-electron chi connectivity index (χ2n) is 9.64. The van der Waals surface area contributed by atoms with Crippen LogP contribution in [0.5, 0.6) is 17.2 Å². The van der Waals surface area contributed by atoms with E-state index in [0.717, 1.165) is 39.3 Å². The Kier molecular flexibility index (Phi) is 4.15. The monoisotopic (exact) mass is 433 g/mol. The van der Waals surface area contributed by atoms with Crippen LogP contribution in [-0.2, 0) is 11.8 Å². The maximum Gasteiger partial charge on any atom is 0.258 e. The molecular formula is C26H27NO5. The maximum absolute atomic E-state index is 13.7. The minimum absolute atomic E-state index is 0.0193. The average molecular weight is 434 g/mol. The molecule has 0 radical (unpaired) electrons. The standard InChI is InChI=1S/C26H27NO5/c1-26(2)23-16(12-29-4)20(14-9-10-18-19(11-14)31-13-30-18)21(23)22-24(32-26)15-7-5-6-8-17(15)27(3)25(22)28/h5-11,16,20-21,23H,12-13H2,1-4H3/t16-,20-,21+,23+/m0/s1. The number of aromatic nitrogens is 1. The van der Waals surface area contributed by atoms with Gasteiger partial charge in [0.25, 0.3) is 5.56 Å². The Morgan fingerprint density at radius 2 is 1.88 bits per heavy atom. The minimum Gasteiger partial charge on any atom is -0.486 e. The van der Waals surface area contributed by atoms with Gasteiger partial charge >= 0.3 is 0 Å². The van der Waals surface area contributed by atoms with Crippen molar-refractivity contribution in [2.24, 2.45) is 18.9 Å². The predicted octanol–water partition coefficient (Wildman–Crippen LogP) is 4.20. The number of rotatable bonds is 3. The topological polar surface area (TPSA) is 58.9 Å². The molecule has 1 fully saturated rings. The van der Waals surface area contributed by atoms with Gasteiger partial charge in [0, 0.05) is 31.4 Å². The fraction of sp³-hybridized carbons (Fsp3) is 0.423. The quantitative estimate of drug-likeness (QED) is 0.620. The number of hydrogen-bond acceptors (Lipinski definition) is 5. The van der Waals surface area contributed by atoms with Crippen LogP contribution in [-0.4, -0.2) is 30.7 Å². The van der Waals surface area contributed by atoms with Crippen molar-refractivity contribution in [2.45, 2.75) is 31.3 Å². The summed E-state index contributed by atoms with van der Waals surface area (Å²) in [5.41, 5.74) is 2.41. The fourth-order valence-corrected chi connectivity index (χ4v) is 6.34. The Morgan fingerprint density at radius 1 is 1.09 bits per heavy atom. The van der Waals surface area contributed by atoms with Gasteiger partial charge in [0.1, 0.15) is 11.4 Å². The van der Waals surface area contributed by atoms with Gasteiger partial charge in [0.15, 0.2) is 11.5 Å². The number of benzene rings is 2. The first-order valence-electron chi connectivity index (χ1n) is 11.1. The normalized spacial score (nSPS) is 26.8. The second kappa shape index (κ2) is 6.75. The van der Waals surface area contributed by atoms with Gasteiger partial charge < -0.3 is 23.5 Å². The lowest BCUT2D eigenvalue weighted by atomic mass is 9.48. The van der Waals surface area contributed by atoms with E-state index < -0.39 is 5.60 Å². The van der Waals surface area contributed by atoms with Crippen LogP contribution < -0.4 is 19.8 Å². The summed E-state index contributed by atoms with van der Waals surface area (Å²) >= 11 is 0. The van der Waals surface area contributed by atoms with E-state index in [9.17, 15) is 4.79 Å². The lowest BCUT2D eigenvalue weighted by Crippen LogP contribution is -2.61. The van der Waals surface area contributed by atoms with Crippen molar-refractivity contribution in [3.05, 3.63) is 63.9 Å². The third kappa shape index (κ3) is 2.53. The highest BCUT2D eigenvalue weighted by atomic mass is 16.7. The zero-order chi connectivity index (χ0) is 22.2. The van der Waals surface area contributed by atoms with Crippen molar-refractivity contribution in [1.82, 2.24) is 4.57 Å². The summed E-state index contributed by atoms with van der Waals surface area (Å²) in [5, 5.41) is 0.982. The molecule has 0 saturated heterocycles. The van der Waals surface area contributed by atoms with Crippen LogP contribution in [0, 0.1) is 11.8 Å². The number of ether oxygens (including phenoxy) is 4. The molecule has 166 valence electrons. The lowest BCUT2D eigenvalue weighted by Gasteiger charge is -2.60. The Bertz CT molecular complexity index is 1290. The van der Waals surface area contributed by atoms with E-state index in [1.54, 1.807) is 11.7 Å². The van der Waals surface area contributed by atoms with Gasteiger partial charge in [-0.3, -0.25) is 4.79 Å². The van der Waals surface area contributed by atoms with Crippen molar-refractivity contribution in [1.29, 1.82) is 0 Å². The predicted molar refractivity (Wildman–Crippen MR) is 121 cm³/mol. The van der Waals surface area contributed by atoms with E-state index in [0.29, 0.717) is 6.61 Å². The van der Waals surface area contributed by atoms with E-state index >= 15 is 0 Å². The van der Waals surface area contributed by atoms with Gasteiger partial charge in [-0.05, 0) is 55.5 Å². The van der Waals surface area contributed by atoms with Gasteiger partial charge in [0.05, 0.1) is 17.7 Å². The number of fused-ring (bicyclic) bond motifs is 6. The van der Waals surface area contributed by atoms with Crippen LogP contribution in [0.4, 0.5) is 0 Å². The Balaban J connectivity index is 1.58. The van der Waals surface area contributed by atoms with E-state index in [1.165, 1.54) is 0 Å². The van der Waals surface area contributed by atoms with Crippen molar-refractivity contribution in [2.75, 3.05) is 20.5 Å². The lowest BCUT2D eigenvalue weighted by molar-refractivity contribution is -0.109. The van der Waals surface area contributed by atoms with Crippen molar-refractivity contribution < 1.29 is 18.9 Å². The summed E-state index contributed by atoms with van der Waals surface area (Å²) in [6, 6.07) is 14.1. The number of nitrogens with zero attached hydrogens (tertiary/aromatic N) is 1. The zero-order valence-corrected chi connectivity index (χ0v) is 18.8. The molecule has 3 heterocycles. The van der Waals surface area contributed by atoms with Gasteiger partial charge in [-0.1, -0.05) is 18.2 Å². The summed E-state index contributed by atoms with van der Waals surface area (Å²) < 4.78 is 25.2. The van der Waals surface area contributed by atoms with Crippen LogP contribution in [0.2, 0.25) is 0 Å². The summed E-state index contributed by atoms with van der Waals surface area (Å²) in [7, 11) is 3.59. The SMILES string of the molecule is COC[C@H]1[C@H](c2ccc3c(c2)OCO3)[C@@H]2c3c(c4ccccc4n(C)c3=O)OC(C)(C)[C@H]12. The van der Waals surface area contributed by atoms with Crippen LogP contribution in [0.25, 0.3) is 10.9 Å². The molecule has 1 saturated carbocycles. The molecule has 0 amide bonds. The summed E-state index contributed by atoms with van der Waals surface area (Å²) in [6.07, 6.45) is 0. The smallest absolute Gasteiger partial charge is 0.258 e. The number of methoxy groups -OCH3 is 1. The van der Waals surface area contributed by atoms with Gasteiger partial charge in [-0.15, -0.1) is 0 Å². The fourth-order valence-electron chi connectivity index (χ4n) is 6.34. The molecule has 6 rings (SSSR count). The Hall–Kier alpha value is -2.99. The molecule has 0 unspecified atom stereocenters. The molecule has 1 aliphatic carbocycles. The first kappa shape index (κ1) is 19.7. The zero-order valence-electron chi connectivity index (χ0n) is 18.8. The van der Waals surface area contributed by atoms with Crippen LogP contribution in [0.3, 0.4) is 0 Å². The van der Waals surface area contributed by atoms with Crippen LogP contribution >= 0.6 is 0 Å². The van der Waals surface area contributed by atoms with Crippen molar-refractivity contribution >= 4 is 10.9 Å². The molecule has 0 N–H and O–H groups in total. The molecule has 0 bridgehead atoms. The Morgan fingerprint density at radius 3 is 2.69 bits per heavy atom. The van der Waals surface area contributed by atoms with Crippen molar-refractivity contribution in [3.63, 3.8) is 0 Å². The maximum atomic E-state index is 13.7. The van der Waals surface area contributed by atoms with E-state index in [-0.39, 0.29) is 36.0 Å². The highest BCUT2D eigenvalue weighted by molar-refractivity contribution is 5.87. The molecule has 6 heteroatoms. The van der Waals surface area contributed by atoms with Gasteiger partial charge in [-0.2, -0.15) is 0 Å². The minimum atomic E-state index is -0.428. The van der Waals surface area contributed by atoms with E-state index in [2.05, 4.69) is 26.0 Å². The van der Waals surface area contributed by atoms with Gasteiger partial charge in [0.2, 0.25) is 6.79 Å². The molecular weight excluding hydrogens is 406 g/mol.